The number of carbonyl (C=O) groups excluding carboxylic acids is 1. The fraction of sp³-hybridized carbons (Fsp3) is 0.371. The maximum absolute atomic E-state index is 13.3. The second kappa shape index (κ2) is 17.8. The van der Waals surface area contributed by atoms with Crippen LogP contribution in [0.2, 0.25) is 0 Å². The van der Waals surface area contributed by atoms with E-state index in [0.29, 0.717) is 42.6 Å². The first kappa shape index (κ1) is 35.9. The Hall–Kier alpha value is -4.96. The maximum atomic E-state index is 13.3. The molecule has 1 aliphatic rings. The molecule has 0 bridgehead atoms. The number of hydrogen-bond donors (Lipinski definition) is 4. The molecule has 0 saturated carbocycles. The van der Waals surface area contributed by atoms with Crippen molar-refractivity contribution in [2.24, 2.45) is 17.8 Å². The first-order chi connectivity index (χ1) is 24.9. The largest absolute Gasteiger partial charge is 0.370 e. The van der Waals surface area contributed by atoms with E-state index in [1.165, 1.54) is 0 Å². The number of rotatable bonds is 18. The van der Waals surface area contributed by atoms with Gasteiger partial charge in [-0.05, 0) is 54.8 Å². The number of nitrogens with zero attached hydrogens (tertiary/aromatic N) is 9. The van der Waals surface area contributed by atoms with Gasteiger partial charge in [0.2, 0.25) is 17.8 Å². The van der Waals surface area contributed by atoms with Gasteiger partial charge in [-0.2, -0.15) is 5.10 Å². The summed E-state index contributed by atoms with van der Waals surface area (Å²) in [6.07, 6.45) is 17.3. The molecule has 0 aliphatic carbocycles. The molecule has 0 spiro atoms. The molecule has 6 rings (SSSR count). The quantitative estimate of drug-likeness (QED) is 0.0846. The van der Waals surface area contributed by atoms with Gasteiger partial charge in [0.15, 0.2) is 0 Å². The highest BCUT2D eigenvalue weighted by Gasteiger charge is 2.32. The zero-order valence-electron chi connectivity index (χ0n) is 28.9. The number of amides is 1. The lowest BCUT2D eigenvalue weighted by Crippen LogP contribution is -2.28. The van der Waals surface area contributed by atoms with Crippen molar-refractivity contribution in [3.63, 3.8) is 0 Å². The van der Waals surface area contributed by atoms with Crippen molar-refractivity contribution < 1.29 is 4.79 Å². The summed E-state index contributed by atoms with van der Waals surface area (Å²) in [5.74, 6) is 4.18. The molecule has 3 atom stereocenters. The highest BCUT2D eigenvalue weighted by atomic mass is 32.2. The summed E-state index contributed by atoms with van der Waals surface area (Å²) in [7, 11) is 0. The van der Waals surface area contributed by atoms with Gasteiger partial charge in [-0.15, -0.1) is 23.5 Å². The van der Waals surface area contributed by atoms with Gasteiger partial charge in [-0.3, -0.25) is 4.79 Å². The van der Waals surface area contributed by atoms with Crippen LogP contribution in [0.15, 0.2) is 89.7 Å². The number of pyridine rings is 2. The Morgan fingerprint density at radius 1 is 0.745 bits per heavy atom. The lowest BCUT2D eigenvalue weighted by molar-refractivity contribution is -0.119. The van der Waals surface area contributed by atoms with E-state index in [1.54, 1.807) is 46.8 Å². The summed E-state index contributed by atoms with van der Waals surface area (Å²) >= 11 is 3.23. The topological polar surface area (TPSA) is 164 Å². The molecule has 3 unspecified atom stereocenters. The van der Waals surface area contributed by atoms with Gasteiger partial charge in [0.05, 0.1) is 23.8 Å². The van der Waals surface area contributed by atoms with Crippen molar-refractivity contribution >= 4 is 58.7 Å². The second-order valence-electron chi connectivity index (χ2n) is 12.5. The zero-order valence-corrected chi connectivity index (χ0v) is 30.6. The first-order valence-corrected chi connectivity index (χ1v) is 19.1. The Morgan fingerprint density at radius 2 is 1.31 bits per heavy atom. The van der Waals surface area contributed by atoms with E-state index >= 15 is 0 Å². The van der Waals surface area contributed by atoms with Gasteiger partial charge in [0, 0.05) is 91.4 Å². The molecule has 5 aromatic heterocycles. The molecule has 1 fully saturated rings. The van der Waals surface area contributed by atoms with Crippen LogP contribution in [-0.4, -0.2) is 90.3 Å². The van der Waals surface area contributed by atoms with Gasteiger partial charge >= 0.3 is 0 Å². The van der Waals surface area contributed by atoms with Crippen molar-refractivity contribution in [1.29, 1.82) is 0 Å². The molecular formula is C35H43N13OS2. The fourth-order valence-electron chi connectivity index (χ4n) is 5.27. The number of thioether (sulfide) groups is 2. The van der Waals surface area contributed by atoms with Crippen LogP contribution in [0.5, 0.6) is 0 Å². The summed E-state index contributed by atoms with van der Waals surface area (Å²) in [6, 6.07) is 9.71. The number of carbonyl (C=O) groups is 1. The standard InChI is InChI=1S/C35H43N13OS2/c1-24(15-40-34-42-19-29(50-3)20-43-34)13-36-31-7-5-27(17-38-31)47-12-9-26(33(47)49)23-51-30-21-44-35(45-22-30)41-16-25(2)14-37-32-8-6-28(18-39-32)48-11-4-10-46-48/h4-8,10-11,17-22,24-26H,9,12-16,23H2,1-3H3,(H,36,38)(H,37,39)(H,40,42,43)(H,41,44,45). The molecule has 14 nitrogen and oxygen atoms in total. The van der Waals surface area contributed by atoms with E-state index in [1.807, 2.05) is 72.5 Å². The third-order valence-electron chi connectivity index (χ3n) is 8.32. The molecule has 266 valence electrons. The van der Waals surface area contributed by atoms with Gasteiger partial charge in [-0.1, -0.05) is 13.8 Å². The minimum Gasteiger partial charge on any atom is -0.370 e. The maximum Gasteiger partial charge on any atom is 0.231 e. The van der Waals surface area contributed by atoms with Crippen LogP contribution >= 0.6 is 23.5 Å². The molecule has 16 heteroatoms. The monoisotopic (exact) mass is 725 g/mol. The minimum absolute atomic E-state index is 0.0653. The van der Waals surface area contributed by atoms with Crippen molar-refractivity contribution in [2.75, 3.05) is 70.9 Å². The number of anilines is 5. The molecule has 4 N–H and O–H groups in total. The molecule has 1 aliphatic heterocycles. The Balaban J connectivity index is 0.872. The van der Waals surface area contributed by atoms with Crippen LogP contribution in [0.25, 0.3) is 5.69 Å². The minimum atomic E-state index is -0.0653. The molecule has 6 heterocycles. The van der Waals surface area contributed by atoms with Gasteiger partial charge in [-0.25, -0.2) is 34.6 Å². The Morgan fingerprint density at radius 3 is 1.84 bits per heavy atom. The normalized spacial score (nSPS) is 15.4. The first-order valence-electron chi connectivity index (χ1n) is 16.9. The van der Waals surface area contributed by atoms with E-state index in [0.717, 1.165) is 58.9 Å². The van der Waals surface area contributed by atoms with Crippen LogP contribution in [0.3, 0.4) is 0 Å². The number of nitrogens with one attached hydrogen (secondary N) is 4. The number of aromatic nitrogens is 8. The zero-order chi connectivity index (χ0) is 35.4. The highest BCUT2D eigenvalue weighted by Crippen LogP contribution is 2.30. The summed E-state index contributed by atoms with van der Waals surface area (Å²) in [4.78, 5) is 43.8. The molecule has 51 heavy (non-hydrogen) atoms. The van der Waals surface area contributed by atoms with Crippen molar-refractivity contribution in [3.8, 4) is 5.69 Å². The van der Waals surface area contributed by atoms with Crippen LogP contribution in [0.4, 0.5) is 29.2 Å². The van der Waals surface area contributed by atoms with Gasteiger partial charge < -0.3 is 26.2 Å². The predicted octanol–water partition coefficient (Wildman–Crippen LogP) is 5.43. The van der Waals surface area contributed by atoms with E-state index in [2.05, 4.69) is 70.1 Å². The highest BCUT2D eigenvalue weighted by molar-refractivity contribution is 7.99. The molecule has 5 aromatic rings. The van der Waals surface area contributed by atoms with Crippen LogP contribution in [0, 0.1) is 17.8 Å². The van der Waals surface area contributed by atoms with Crippen molar-refractivity contribution in [2.45, 2.75) is 30.1 Å². The summed E-state index contributed by atoms with van der Waals surface area (Å²) in [5, 5.41) is 17.6. The van der Waals surface area contributed by atoms with Crippen LogP contribution in [-0.2, 0) is 4.79 Å². The SMILES string of the molecule is CSc1cnc(NCC(C)CNc2ccc(N3CCC(CSc4cnc(NCC(C)CNc5ccc(-n6cccn6)cn5)nc4)C3=O)cn2)nc1. The molecular weight excluding hydrogens is 683 g/mol. The van der Waals surface area contributed by atoms with Gasteiger partial charge in [0.1, 0.15) is 11.6 Å². The number of hydrogen-bond acceptors (Lipinski definition) is 14. The summed E-state index contributed by atoms with van der Waals surface area (Å²) < 4.78 is 1.78. The Kier molecular flexibility index (Phi) is 12.5. The average Bonchev–Trinajstić information content (AvgIpc) is 3.85. The van der Waals surface area contributed by atoms with Gasteiger partial charge in [0.25, 0.3) is 0 Å². The van der Waals surface area contributed by atoms with E-state index < -0.39 is 0 Å². The summed E-state index contributed by atoms with van der Waals surface area (Å²) in [5.41, 5.74) is 1.74. The molecule has 1 amide bonds. The second-order valence-corrected chi connectivity index (χ2v) is 14.4. The van der Waals surface area contributed by atoms with E-state index in [9.17, 15) is 4.79 Å². The van der Waals surface area contributed by atoms with Crippen molar-refractivity contribution in [3.05, 3.63) is 79.9 Å². The Labute approximate surface area is 306 Å². The van der Waals surface area contributed by atoms with Crippen LogP contribution < -0.4 is 26.2 Å². The third kappa shape index (κ3) is 10.3. The van der Waals surface area contributed by atoms with E-state index in [4.69, 9.17) is 0 Å². The third-order valence-corrected chi connectivity index (χ3v) is 10.1. The van der Waals surface area contributed by atoms with Crippen molar-refractivity contribution in [1.82, 2.24) is 39.7 Å². The lowest BCUT2D eigenvalue weighted by atomic mass is 10.1. The molecule has 0 aromatic carbocycles. The van der Waals surface area contributed by atoms with Crippen LogP contribution in [0.1, 0.15) is 20.3 Å². The smallest absolute Gasteiger partial charge is 0.231 e. The lowest BCUT2D eigenvalue weighted by Gasteiger charge is -2.18. The molecule has 0 radical (unpaired) electrons. The summed E-state index contributed by atoms with van der Waals surface area (Å²) in [6.45, 7) is 7.92. The average molecular weight is 726 g/mol. The predicted molar refractivity (Wildman–Crippen MR) is 205 cm³/mol. The van der Waals surface area contributed by atoms with E-state index in [-0.39, 0.29) is 11.8 Å². The molecule has 1 saturated heterocycles. The Bertz CT molecular complexity index is 1790. The fourth-order valence-corrected chi connectivity index (χ4v) is 6.55.